The molecule has 7 heteroatoms. The van der Waals surface area contributed by atoms with Crippen LogP contribution >= 0.6 is 0 Å². The molecule has 96 valence electrons. The number of carbonyl (C=O) groups excluding carboxylic acids is 2. The van der Waals surface area contributed by atoms with Crippen molar-refractivity contribution in [1.82, 2.24) is 0 Å². The molecule has 0 saturated heterocycles. The second-order valence-electron chi connectivity index (χ2n) is 2.60. The molecule has 1 atom stereocenters. The topological polar surface area (TPSA) is 116 Å². The Morgan fingerprint density at radius 1 is 1.53 bits per heavy atom. The monoisotopic (exact) mass is 245 g/mol. The molecular formula is C10H15NO6. The fourth-order valence-corrected chi connectivity index (χ4v) is 0.303. The molecule has 1 aliphatic rings. The van der Waals surface area contributed by atoms with E-state index in [1.165, 1.54) is 13.2 Å². The number of methoxy groups -OCH3 is 1. The van der Waals surface area contributed by atoms with Crippen LogP contribution < -0.4 is 5.73 Å². The van der Waals surface area contributed by atoms with E-state index in [1.54, 1.807) is 7.11 Å². The largest absolute Gasteiger partial charge is 0.505 e. The molecule has 7 nitrogen and oxygen atoms in total. The molecule has 0 aromatic rings. The second kappa shape index (κ2) is 10.4. The van der Waals surface area contributed by atoms with Crippen LogP contribution in [0.15, 0.2) is 25.0 Å². The molecule has 0 saturated carbocycles. The molecule has 3 N–H and O–H groups in total. The molecule has 17 heavy (non-hydrogen) atoms. The van der Waals surface area contributed by atoms with E-state index in [0.29, 0.717) is 0 Å². The maximum Gasteiger partial charge on any atom is 0.338 e. The van der Waals surface area contributed by atoms with Crippen molar-refractivity contribution in [3.05, 3.63) is 25.0 Å². The number of carboxylic acids is 1. The van der Waals surface area contributed by atoms with Crippen molar-refractivity contribution in [3.63, 3.8) is 0 Å². The van der Waals surface area contributed by atoms with Crippen molar-refractivity contribution in [2.45, 2.75) is 13.0 Å². The van der Waals surface area contributed by atoms with E-state index in [2.05, 4.69) is 16.1 Å². The summed E-state index contributed by atoms with van der Waals surface area (Å²) in [5.41, 5.74) is 4.84. The van der Waals surface area contributed by atoms with E-state index in [9.17, 15) is 14.4 Å². The molecule has 1 unspecified atom stereocenters. The summed E-state index contributed by atoms with van der Waals surface area (Å²) in [4.78, 5) is 29.4. The third-order valence-corrected chi connectivity index (χ3v) is 1.11. The summed E-state index contributed by atoms with van der Waals surface area (Å²) in [7, 11) is 1.56. The fourth-order valence-electron chi connectivity index (χ4n) is 0.303. The van der Waals surface area contributed by atoms with Crippen molar-refractivity contribution in [2.24, 2.45) is 5.73 Å². The van der Waals surface area contributed by atoms with Gasteiger partial charge in [-0.05, 0) is 6.92 Å². The number of rotatable bonds is 2. The number of cyclic esters (lactones) is 2. The minimum atomic E-state index is -0.963. The van der Waals surface area contributed by atoms with Crippen molar-refractivity contribution < 1.29 is 29.0 Å². The van der Waals surface area contributed by atoms with Gasteiger partial charge in [0.15, 0.2) is 0 Å². The van der Waals surface area contributed by atoms with Gasteiger partial charge in [0.25, 0.3) is 0 Å². The third kappa shape index (κ3) is 13.9. The van der Waals surface area contributed by atoms with E-state index in [4.69, 9.17) is 10.8 Å². The summed E-state index contributed by atoms with van der Waals surface area (Å²) in [6, 6.07) is -0.731. The summed E-state index contributed by atoms with van der Waals surface area (Å²) in [6.07, 6.45) is 3.55. The van der Waals surface area contributed by atoms with E-state index in [-0.39, 0.29) is 0 Å². The first kappa shape index (κ1) is 17.3. The SMILES string of the molecule is C=COC.CC(N)C(=O)O.O=C1C=CC(=O)O1. The molecule has 0 fully saturated rings. The Balaban J connectivity index is 0. The third-order valence-electron chi connectivity index (χ3n) is 1.11. The molecule has 0 aliphatic carbocycles. The predicted molar refractivity (Wildman–Crippen MR) is 58.7 cm³/mol. The van der Waals surface area contributed by atoms with Gasteiger partial charge in [-0.1, -0.05) is 6.58 Å². The van der Waals surface area contributed by atoms with Gasteiger partial charge in [-0.25, -0.2) is 9.59 Å². The maximum atomic E-state index is 9.92. The van der Waals surface area contributed by atoms with Gasteiger partial charge in [0.2, 0.25) is 0 Å². The van der Waals surface area contributed by atoms with Crippen LogP contribution in [0.3, 0.4) is 0 Å². The van der Waals surface area contributed by atoms with Gasteiger partial charge in [-0.3, -0.25) is 4.79 Å². The van der Waals surface area contributed by atoms with Crippen LogP contribution in [0, 0.1) is 0 Å². The zero-order chi connectivity index (χ0) is 13.8. The Bertz CT molecular complexity index is 292. The first-order valence-electron chi connectivity index (χ1n) is 4.41. The summed E-state index contributed by atoms with van der Waals surface area (Å²) >= 11 is 0. The van der Waals surface area contributed by atoms with Crippen molar-refractivity contribution in [3.8, 4) is 0 Å². The highest BCUT2D eigenvalue weighted by atomic mass is 16.6. The Kier molecular flexibility index (Phi) is 10.5. The number of ether oxygens (including phenoxy) is 2. The Labute approximate surface area is 98.5 Å². The van der Waals surface area contributed by atoms with Gasteiger partial charge in [0.05, 0.1) is 13.4 Å². The van der Waals surface area contributed by atoms with E-state index in [1.807, 2.05) is 0 Å². The quantitative estimate of drug-likeness (QED) is 0.393. The molecule has 0 aromatic carbocycles. The molecule has 0 radical (unpaired) electrons. The Morgan fingerprint density at radius 2 is 1.82 bits per heavy atom. The minimum absolute atomic E-state index is 0.579. The molecule has 1 rings (SSSR count). The minimum Gasteiger partial charge on any atom is -0.505 e. The average Bonchev–Trinajstić information content (AvgIpc) is 2.63. The zero-order valence-electron chi connectivity index (χ0n) is 9.58. The van der Waals surface area contributed by atoms with Gasteiger partial charge in [0, 0.05) is 12.2 Å². The van der Waals surface area contributed by atoms with Gasteiger partial charge in [-0.2, -0.15) is 0 Å². The molecule has 0 bridgehead atoms. The molecule has 1 heterocycles. The lowest BCUT2D eigenvalue weighted by atomic mass is 10.4. The summed E-state index contributed by atoms with van der Waals surface area (Å²) in [5.74, 6) is -2.12. The number of aliphatic carboxylic acids is 1. The van der Waals surface area contributed by atoms with Crippen LogP contribution in [0.2, 0.25) is 0 Å². The van der Waals surface area contributed by atoms with Gasteiger partial charge in [0.1, 0.15) is 6.04 Å². The number of carbonyl (C=O) groups is 3. The average molecular weight is 245 g/mol. The van der Waals surface area contributed by atoms with E-state index >= 15 is 0 Å². The molecule has 1 aliphatic heterocycles. The fraction of sp³-hybridized carbons (Fsp3) is 0.300. The molecule has 0 spiro atoms. The molecule has 0 aromatic heterocycles. The summed E-state index contributed by atoms with van der Waals surface area (Å²) < 4.78 is 8.28. The van der Waals surface area contributed by atoms with Crippen LogP contribution in [0.1, 0.15) is 6.92 Å². The van der Waals surface area contributed by atoms with E-state index < -0.39 is 23.9 Å². The van der Waals surface area contributed by atoms with Crippen LogP contribution in [-0.2, 0) is 23.9 Å². The van der Waals surface area contributed by atoms with Gasteiger partial charge >= 0.3 is 17.9 Å². The lowest BCUT2D eigenvalue weighted by molar-refractivity contribution is -0.150. The van der Waals surface area contributed by atoms with Crippen LogP contribution in [-0.4, -0.2) is 36.2 Å². The van der Waals surface area contributed by atoms with Crippen LogP contribution in [0.5, 0.6) is 0 Å². The zero-order valence-corrected chi connectivity index (χ0v) is 9.58. The van der Waals surface area contributed by atoms with Crippen molar-refractivity contribution in [1.29, 1.82) is 0 Å². The van der Waals surface area contributed by atoms with Crippen LogP contribution in [0.25, 0.3) is 0 Å². The van der Waals surface area contributed by atoms with Crippen molar-refractivity contribution in [2.75, 3.05) is 7.11 Å². The number of nitrogens with two attached hydrogens (primary N) is 1. The lowest BCUT2D eigenvalue weighted by Crippen LogP contribution is -2.25. The first-order chi connectivity index (χ1) is 7.84. The summed E-state index contributed by atoms with van der Waals surface area (Å²) in [6.45, 7) is 4.68. The number of carboxylic acid groups (broad SMARTS) is 1. The number of hydrogen-bond donors (Lipinski definition) is 2. The van der Waals surface area contributed by atoms with Gasteiger partial charge in [-0.15, -0.1) is 0 Å². The predicted octanol–water partition coefficient (Wildman–Crippen LogP) is -0.179. The highest BCUT2D eigenvalue weighted by molar-refractivity contribution is 6.04. The summed E-state index contributed by atoms with van der Waals surface area (Å²) in [5, 5.41) is 7.87. The smallest absolute Gasteiger partial charge is 0.338 e. The first-order valence-corrected chi connectivity index (χ1v) is 4.41. The van der Waals surface area contributed by atoms with Crippen molar-refractivity contribution >= 4 is 17.9 Å². The van der Waals surface area contributed by atoms with Crippen LogP contribution in [0.4, 0.5) is 0 Å². The number of hydrogen-bond acceptors (Lipinski definition) is 6. The number of esters is 2. The molecule has 0 amide bonds. The Hall–Kier alpha value is -2.15. The molecular weight excluding hydrogens is 230 g/mol. The maximum absolute atomic E-state index is 9.92. The van der Waals surface area contributed by atoms with Gasteiger partial charge < -0.3 is 20.3 Å². The Morgan fingerprint density at radius 3 is 1.88 bits per heavy atom. The lowest BCUT2D eigenvalue weighted by Gasteiger charge is -1.90. The highest BCUT2D eigenvalue weighted by Crippen LogP contribution is 1.92. The second-order valence-corrected chi connectivity index (χ2v) is 2.60. The standard InChI is InChI=1S/C4H2O3.C3H7NO2.C3H6O/c5-3-1-2-4(6)7-3;1-2(4)3(5)6;1-3-4-2/h1-2H;2H,4H2,1H3,(H,5,6);3H,1H2,2H3. The highest BCUT2D eigenvalue weighted by Gasteiger charge is 2.10. The normalized spacial score (nSPS) is 13.4. The van der Waals surface area contributed by atoms with E-state index in [0.717, 1.165) is 12.2 Å².